The highest BCUT2D eigenvalue weighted by Gasteiger charge is 2.35. The molecule has 0 saturated carbocycles. The van der Waals surface area contributed by atoms with Crippen LogP contribution in [-0.2, 0) is 10.0 Å². The first-order valence-electron chi connectivity index (χ1n) is 4.93. The number of hydrogen-bond donors (Lipinski definition) is 2. The summed E-state index contributed by atoms with van der Waals surface area (Å²) < 4.78 is 25.0. The number of aliphatic hydroxyl groups excluding tert-OH is 1. The Morgan fingerprint density at radius 2 is 2.00 bits per heavy atom. The van der Waals surface area contributed by atoms with E-state index >= 15 is 0 Å². The molecule has 0 unspecified atom stereocenters. The number of sulfonamides is 1. The molecule has 1 heterocycles. The van der Waals surface area contributed by atoms with Crippen LogP contribution in [0.2, 0.25) is 0 Å². The van der Waals surface area contributed by atoms with E-state index in [0.717, 1.165) is 10.4 Å². The predicted octanol–water partition coefficient (Wildman–Crippen LogP) is -0.250. The number of β-amino-alcohol motifs (C(OH)–C–C–N with tert-alkyl or cyclic N) is 1. The van der Waals surface area contributed by atoms with Gasteiger partial charge in [-0.05, 0) is 18.2 Å². The molecule has 1 aromatic rings. The molecule has 1 aliphatic heterocycles. The lowest BCUT2D eigenvalue weighted by molar-refractivity contribution is 0.0547. The van der Waals surface area contributed by atoms with Gasteiger partial charge < -0.3 is 10.2 Å². The highest BCUT2D eigenvalue weighted by atomic mass is 32.2. The monoisotopic (exact) mass is 257 g/mol. The van der Waals surface area contributed by atoms with Crippen molar-refractivity contribution in [2.45, 2.75) is 11.0 Å². The average Bonchev–Trinajstić information content (AvgIpc) is 2.25. The van der Waals surface area contributed by atoms with Crippen LogP contribution in [0.1, 0.15) is 10.4 Å². The van der Waals surface area contributed by atoms with Crippen LogP contribution in [0.25, 0.3) is 0 Å². The number of carboxylic acid groups (broad SMARTS) is 1. The maximum atomic E-state index is 12.0. The minimum atomic E-state index is -3.68. The number of hydrogen-bond acceptors (Lipinski definition) is 4. The van der Waals surface area contributed by atoms with Crippen molar-refractivity contribution in [2.75, 3.05) is 13.1 Å². The van der Waals surface area contributed by atoms with Gasteiger partial charge in [-0.3, -0.25) is 0 Å². The van der Waals surface area contributed by atoms with Crippen LogP contribution in [0.15, 0.2) is 29.2 Å². The quantitative estimate of drug-likeness (QED) is 0.778. The summed E-state index contributed by atoms with van der Waals surface area (Å²) in [5, 5.41) is 17.8. The van der Waals surface area contributed by atoms with E-state index in [9.17, 15) is 13.2 Å². The minimum absolute atomic E-state index is 0.0552. The largest absolute Gasteiger partial charge is 0.478 e. The van der Waals surface area contributed by atoms with E-state index in [4.69, 9.17) is 10.2 Å². The summed E-state index contributed by atoms with van der Waals surface area (Å²) in [6, 6.07) is 5.16. The van der Waals surface area contributed by atoms with Crippen LogP contribution in [0.3, 0.4) is 0 Å². The molecule has 1 aliphatic rings. The maximum absolute atomic E-state index is 12.0. The molecular formula is C10H11NO5S. The number of carbonyl (C=O) groups is 1. The Balaban J connectivity index is 2.33. The van der Waals surface area contributed by atoms with Gasteiger partial charge in [-0.25, -0.2) is 13.2 Å². The Hall–Kier alpha value is -1.44. The summed E-state index contributed by atoms with van der Waals surface area (Å²) in [7, 11) is -3.68. The van der Waals surface area contributed by atoms with Gasteiger partial charge in [-0.1, -0.05) is 6.07 Å². The lowest BCUT2D eigenvalue weighted by Crippen LogP contribution is -2.53. The molecule has 92 valence electrons. The zero-order chi connectivity index (χ0) is 12.6. The predicted molar refractivity (Wildman–Crippen MR) is 58.2 cm³/mol. The Morgan fingerprint density at radius 3 is 2.53 bits per heavy atom. The molecule has 1 fully saturated rings. The van der Waals surface area contributed by atoms with Gasteiger partial charge in [-0.2, -0.15) is 4.31 Å². The van der Waals surface area contributed by atoms with Gasteiger partial charge in [-0.15, -0.1) is 0 Å². The van der Waals surface area contributed by atoms with E-state index in [1.165, 1.54) is 18.2 Å². The van der Waals surface area contributed by atoms with E-state index in [1.54, 1.807) is 0 Å². The number of aliphatic hydroxyl groups is 1. The van der Waals surface area contributed by atoms with Gasteiger partial charge in [0.2, 0.25) is 10.0 Å². The minimum Gasteiger partial charge on any atom is -0.478 e. The van der Waals surface area contributed by atoms with Crippen LogP contribution in [0.4, 0.5) is 0 Å². The van der Waals surface area contributed by atoms with Gasteiger partial charge in [0.1, 0.15) is 0 Å². The molecule has 7 heteroatoms. The third-order valence-corrected chi connectivity index (χ3v) is 4.38. The van der Waals surface area contributed by atoms with E-state index < -0.39 is 22.1 Å². The molecule has 0 aliphatic carbocycles. The molecule has 2 rings (SSSR count). The second-order valence-corrected chi connectivity index (χ2v) is 5.75. The lowest BCUT2D eigenvalue weighted by Gasteiger charge is -2.34. The van der Waals surface area contributed by atoms with Gasteiger partial charge in [0.05, 0.1) is 16.6 Å². The fourth-order valence-corrected chi connectivity index (χ4v) is 3.11. The third-order valence-electron chi connectivity index (χ3n) is 2.55. The Bertz CT molecular complexity index is 548. The van der Waals surface area contributed by atoms with Crippen molar-refractivity contribution in [3.63, 3.8) is 0 Å². The van der Waals surface area contributed by atoms with Crippen molar-refractivity contribution in [1.82, 2.24) is 4.31 Å². The van der Waals surface area contributed by atoms with Crippen LogP contribution in [0.5, 0.6) is 0 Å². The van der Waals surface area contributed by atoms with Crippen molar-refractivity contribution in [1.29, 1.82) is 0 Å². The Kier molecular flexibility index (Phi) is 2.90. The fraction of sp³-hybridized carbons (Fsp3) is 0.300. The van der Waals surface area contributed by atoms with Crippen LogP contribution >= 0.6 is 0 Å². The number of aromatic carboxylic acids is 1. The van der Waals surface area contributed by atoms with Gasteiger partial charge >= 0.3 is 5.97 Å². The molecular weight excluding hydrogens is 246 g/mol. The van der Waals surface area contributed by atoms with Crippen LogP contribution < -0.4 is 0 Å². The van der Waals surface area contributed by atoms with Crippen molar-refractivity contribution in [3.8, 4) is 0 Å². The summed E-state index contributed by atoms with van der Waals surface area (Å²) in [6.45, 7) is 0.110. The van der Waals surface area contributed by atoms with Crippen molar-refractivity contribution in [2.24, 2.45) is 0 Å². The third kappa shape index (κ3) is 2.17. The van der Waals surface area contributed by atoms with Crippen LogP contribution in [0, 0.1) is 0 Å². The van der Waals surface area contributed by atoms with Crippen molar-refractivity contribution >= 4 is 16.0 Å². The normalized spacial score (nSPS) is 17.7. The molecule has 0 radical (unpaired) electrons. The second-order valence-electron chi connectivity index (χ2n) is 3.81. The zero-order valence-electron chi connectivity index (χ0n) is 8.78. The molecule has 17 heavy (non-hydrogen) atoms. The number of benzene rings is 1. The summed E-state index contributed by atoms with van der Waals surface area (Å²) in [4.78, 5) is 10.7. The van der Waals surface area contributed by atoms with E-state index in [1.807, 2.05) is 0 Å². The fourth-order valence-electron chi connectivity index (χ4n) is 1.55. The first-order valence-corrected chi connectivity index (χ1v) is 6.37. The van der Waals surface area contributed by atoms with Gasteiger partial charge in [0.25, 0.3) is 0 Å². The molecule has 0 amide bonds. The Labute approximate surface area is 98.2 Å². The first kappa shape index (κ1) is 12.0. The first-order chi connectivity index (χ1) is 7.91. The lowest BCUT2D eigenvalue weighted by atomic mass is 10.2. The smallest absolute Gasteiger partial charge is 0.335 e. The highest BCUT2D eigenvalue weighted by Crippen LogP contribution is 2.22. The highest BCUT2D eigenvalue weighted by molar-refractivity contribution is 7.89. The molecule has 0 atom stereocenters. The summed E-state index contributed by atoms with van der Waals surface area (Å²) in [5.74, 6) is -1.18. The number of nitrogens with zero attached hydrogens (tertiary/aromatic N) is 1. The van der Waals surface area contributed by atoms with Gasteiger partial charge in [0.15, 0.2) is 0 Å². The topological polar surface area (TPSA) is 94.9 Å². The van der Waals surface area contributed by atoms with Crippen molar-refractivity contribution in [3.05, 3.63) is 29.8 Å². The maximum Gasteiger partial charge on any atom is 0.335 e. The second kappa shape index (κ2) is 4.10. The van der Waals surface area contributed by atoms with E-state index in [0.29, 0.717) is 0 Å². The van der Waals surface area contributed by atoms with Crippen LogP contribution in [-0.4, -0.2) is 48.1 Å². The summed E-state index contributed by atoms with van der Waals surface area (Å²) >= 11 is 0. The van der Waals surface area contributed by atoms with E-state index in [2.05, 4.69) is 0 Å². The van der Waals surface area contributed by atoms with Crippen molar-refractivity contribution < 1.29 is 23.4 Å². The number of carboxylic acids is 1. The number of rotatable bonds is 3. The zero-order valence-corrected chi connectivity index (χ0v) is 9.59. The molecule has 0 bridgehead atoms. The molecule has 0 spiro atoms. The summed E-state index contributed by atoms with van der Waals surface area (Å²) in [6.07, 6.45) is -0.632. The standard InChI is InChI=1S/C10H11NO5S/c12-8-5-11(6-8)17(15,16)9-3-1-2-7(4-9)10(13)14/h1-4,8,12H,5-6H2,(H,13,14). The molecule has 0 aromatic heterocycles. The van der Waals surface area contributed by atoms with E-state index in [-0.39, 0.29) is 23.5 Å². The summed E-state index contributed by atoms with van der Waals surface area (Å²) in [5.41, 5.74) is -0.0767. The Morgan fingerprint density at radius 1 is 1.35 bits per heavy atom. The van der Waals surface area contributed by atoms with Gasteiger partial charge in [0, 0.05) is 13.1 Å². The molecule has 2 N–H and O–H groups in total. The molecule has 1 aromatic carbocycles. The molecule has 1 saturated heterocycles. The SMILES string of the molecule is O=C(O)c1cccc(S(=O)(=O)N2CC(O)C2)c1. The molecule has 6 nitrogen and oxygen atoms in total. The average molecular weight is 257 g/mol.